The van der Waals surface area contributed by atoms with Gasteiger partial charge in [0, 0.05) is 6.42 Å². The highest BCUT2D eigenvalue weighted by Gasteiger charge is 2.19. The predicted molar refractivity (Wildman–Crippen MR) is 123 cm³/mol. The molecule has 1 N–H and O–H groups in total. The second-order valence-electron chi connectivity index (χ2n) is 7.07. The molecule has 32 heavy (non-hydrogen) atoms. The first-order valence-electron chi connectivity index (χ1n) is 11.0. The highest BCUT2D eigenvalue weighted by molar-refractivity contribution is 5.91. The molecule has 0 atom stereocenters. The lowest BCUT2D eigenvalue weighted by molar-refractivity contribution is -0.121. The Hall–Kier alpha value is -3.22. The maximum Gasteiger partial charge on any atom is 0.338 e. The van der Waals surface area contributed by atoms with Gasteiger partial charge < -0.3 is 24.3 Å². The fourth-order valence-electron chi connectivity index (χ4n) is 3.03. The second kappa shape index (κ2) is 13.2. The molecule has 0 saturated carbocycles. The predicted octanol–water partition coefficient (Wildman–Crippen LogP) is 4.10. The number of carbonyl (C=O) groups excluding carboxylic acids is 2. The second-order valence-corrected chi connectivity index (χ2v) is 7.07. The SMILES string of the molecule is CCOc1cc(C(=O)OCCNC(=O)CCc2ccc(C)cc2)cc(OCC)c1OCC. The summed E-state index contributed by atoms with van der Waals surface area (Å²) in [4.78, 5) is 24.6. The van der Waals surface area contributed by atoms with Crippen LogP contribution in [0.15, 0.2) is 36.4 Å². The van der Waals surface area contributed by atoms with Crippen LogP contribution in [0.5, 0.6) is 17.2 Å². The molecule has 0 aliphatic rings. The van der Waals surface area contributed by atoms with Gasteiger partial charge in [-0.3, -0.25) is 4.79 Å². The number of rotatable bonds is 13. The number of esters is 1. The standard InChI is InChI=1S/C25H33NO6/c1-5-29-21-16-20(17-22(30-6-2)24(21)31-7-3)25(28)32-15-14-26-23(27)13-12-19-10-8-18(4)9-11-19/h8-11,16-17H,5-7,12-15H2,1-4H3,(H,26,27). The Morgan fingerprint density at radius 3 is 2.03 bits per heavy atom. The van der Waals surface area contributed by atoms with E-state index in [1.165, 1.54) is 5.56 Å². The van der Waals surface area contributed by atoms with Gasteiger partial charge in [0.05, 0.1) is 31.9 Å². The maximum absolute atomic E-state index is 12.5. The molecular formula is C25H33NO6. The first-order chi connectivity index (χ1) is 15.5. The van der Waals surface area contributed by atoms with Crippen molar-refractivity contribution in [1.82, 2.24) is 5.32 Å². The van der Waals surface area contributed by atoms with Crippen LogP contribution < -0.4 is 19.5 Å². The van der Waals surface area contributed by atoms with Crippen LogP contribution in [0, 0.1) is 6.92 Å². The molecule has 0 spiro atoms. The minimum Gasteiger partial charge on any atom is -0.490 e. The van der Waals surface area contributed by atoms with Gasteiger partial charge in [-0.05, 0) is 51.8 Å². The molecule has 1 amide bonds. The highest BCUT2D eigenvalue weighted by atomic mass is 16.5. The molecule has 7 heteroatoms. The summed E-state index contributed by atoms with van der Waals surface area (Å²) in [7, 11) is 0. The van der Waals surface area contributed by atoms with Crippen LogP contribution in [0.4, 0.5) is 0 Å². The Balaban J connectivity index is 1.87. The smallest absolute Gasteiger partial charge is 0.338 e. The van der Waals surface area contributed by atoms with Crippen molar-refractivity contribution in [3.63, 3.8) is 0 Å². The lowest BCUT2D eigenvalue weighted by atomic mass is 10.1. The van der Waals surface area contributed by atoms with Gasteiger partial charge in [0.15, 0.2) is 11.5 Å². The van der Waals surface area contributed by atoms with Crippen molar-refractivity contribution in [3.05, 3.63) is 53.1 Å². The summed E-state index contributed by atoms with van der Waals surface area (Å²) in [6.45, 7) is 9.17. The highest BCUT2D eigenvalue weighted by Crippen LogP contribution is 2.39. The van der Waals surface area contributed by atoms with E-state index in [-0.39, 0.29) is 19.1 Å². The summed E-state index contributed by atoms with van der Waals surface area (Å²) in [5, 5.41) is 2.77. The van der Waals surface area contributed by atoms with E-state index >= 15 is 0 Å². The van der Waals surface area contributed by atoms with Crippen molar-refractivity contribution in [1.29, 1.82) is 0 Å². The van der Waals surface area contributed by atoms with Crippen molar-refractivity contribution in [2.24, 2.45) is 0 Å². The van der Waals surface area contributed by atoms with Gasteiger partial charge in [-0.2, -0.15) is 0 Å². The number of nitrogens with one attached hydrogen (secondary N) is 1. The molecule has 0 aromatic heterocycles. The van der Waals surface area contributed by atoms with Crippen LogP contribution in [0.2, 0.25) is 0 Å². The van der Waals surface area contributed by atoms with Crippen LogP contribution in [0.1, 0.15) is 48.7 Å². The van der Waals surface area contributed by atoms with Crippen molar-refractivity contribution >= 4 is 11.9 Å². The third-order valence-electron chi connectivity index (χ3n) is 4.56. The third kappa shape index (κ3) is 7.80. The molecule has 174 valence electrons. The molecule has 0 bridgehead atoms. The molecule has 2 aromatic rings. The summed E-state index contributed by atoms with van der Waals surface area (Å²) in [5.74, 6) is 0.714. The zero-order valence-corrected chi connectivity index (χ0v) is 19.4. The number of hydrogen-bond donors (Lipinski definition) is 1. The zero-order chi connectivity index (χ0) is 23.3. The lowest BCUT2D eigenvalue weighted by Gasteiger charge is -2.17. The fraction of sp³-hybridized carbons (Fsp3) is 0.440. The minimum atomic E-state index is -0.524. The van der Waals surface area contributed by atoms with E-state index in [2.05, 4.69) is 5.32 Å². The largest absolute Gasteiger partial charge is 0.490 e. The maximum atomic E-state index is 12.5. The first-order valence-corrected chi connectivity index (χ1v) is 11.0. The number of carbonyl (C=O) groups is 2. The van der Waals surface area contributed by atoms with Gasteiger partial charge in [-0.15, -0.1) is 0 Å². The van der Waals surface area contributed by atoms with Crippen molar-refractivity contribution in [2.75, 3.05) is 33.0 Å². The summed E-state index contributed by atoms with van der Waals surface area (Å²) in [6.07, 6.45) is 1.05. The van der Waals surface area contributed by atoms with Gasteiger partial charge >= 0.3 is 5.97 Å². The number of benzene rings is 2. The summed E-state index contributed by atoms with van der Waals surface area (Å²) in [6, 6.07) is 11.3. The zero-order valence-electron chi connectivity index (χ0n) is 19.4. The van der Waals surface area contributed by atoms with Crippen LogP contribution in [-0.4, -0.2) is 44.8 Å². The number of aryl methyl sites for hydroxylation is 2. The molecule has 0 aliphatic carbocycles. The normalized spacial score (nSPS) is 10.4. The van der Waals surface area contributed by atoms with Crippen LogP contribution in [0.25, 0.3) is 0 Å². The monoisotopic (exact) mass is 443 g/mol. The van der Waals surface area contributed by atoms with Crippen molar-refractivity contribution < 1.29 is 28.5 Å². The van der Waals surface area contributed by atoms with E-state index in [1.807, 2.05) is 52.0 Å². The molecule has 0 radical (unpaired) electrons. The molecule has 7 nitrogen and oxygen atoms in total. The first kappa shape index (κ1) is 25.0. The molecule has 0 unspecified atom stereocenters. The van der Waals surface area contributed by atoms with Gasteiger partial charge in [0.2, 0.25) is 11.7 Å². The molecule has 0 heterocycles. The summed E-state index contributed by atoms with van der Waals surface area (Å²) < 4.78 is 22.2. The van der Waals surface area contributed by atoms with Gasteiger partial charge in [0.25, 0.3) is 0 Å². The van der Waals surface area contributed by atoms with Crippen LogP contribution in [-0.2, 0) is 16.0 Å². The van der Waals surface area contributed by atoms with E-state index in [4.69, 9.17) is 18.9 Å². The van der Waals surface area contributed by atoms with Crippen LogP contribution in [0.3, 0.4) is 0 Å². The van der Waals surface area contributed by atoms with E-state index < -0.39 is 5.97 Å². The molecular weight excluding hydrogens is 410 g/mol. The molecule has 2 rings (SSSR count). The number of hydrogen-bond acceptors (Lipinski definition) is 6. The summed E-state index contributed by atoms with van der Waals surface area (Å²) >= 11 is 0. The van der Waals surface area contributed by atoms with Crippen molar-refractivity contribution in [2.45, 2.75) is 40.5 Å². The average molecular weight is 444 g/mol. The Bertz CT molecular complexity index is 851. The Kier molecular flexibility index (Phi) is 10.4. The molecule has 0 saturated heterocycles. The number of amides is 1. The number of ether oxygens (including phenoxy) is 4. The fourth-order valence-corrected chi connectivity index (χ4v) is 3.03. The third-order valence-corrected chi connectivity index (χ3v) is 4.56. The molecule has 2 aromatic carbocycles. The minimum absolute atomic E-state index is 0.0657. The van der Waals surface area contributed by atoms with E-state index in [0.29, 0.717) is 55.5 Å². The van der Waals surface area contributed by atoms with Gasteiger partial charge in [-0.1, -0.05) is 29.8 Å². The average Bonchev–Trinajstić information content (AvgIpc) is 2.78. The van der Waals surface area contributed by atoms with Crippen LogP contribution >= 0.6 is 0 Å². The Morgan fingerprint density at radius 2 is 1.47 bits per heavy atom. The Morgan fingerprint density at radius 1 is 0.875 bits per heavy atom. The Labute approximate surface area is 190 Å². The van der Waals surface area contributed by atoms with Gasteiger partial charge in [0.1, 0.15) is 6.61 Å². The lowest BCUT2D eigenvalue weighted by Crippen LogP contribution is -2.28. The van der Waals surface area contributed by atoms with Crippen molar-refractivity contribution in [3.8, 4) is 17.2 Å². The summed E-state index contributed by atoms with van der Waals surface area (Å²) in [5.41, 5.74) is 2.60. The van der Waals surface area contributed by atoms with E-state index in [0.717, 1.165) is 5.56 Å². The van der Waals surface area contributed by atoms with Gasteiger partial charge in [-0.25, -0.2) is 4.79 Å². The molecule has 0 fully saturated rings. The quantitative estimate of drug-likeness (QED) is 0.371. The van der Waals surface area contributed by atoms with E-state index in [1.54, 1.807) is 12.1 Å². The molecule has 0 aliphatic heterocycles. The topological polar surface area (TPSA) is 83.1 Å². The van der Waals surface area contributed by atoms with E-state index in [9.17, 15) is 9.59 Å².